The van der Waals surface area contributed by atoms with Crippen molar-refractivity contribution in [2.24, 2.45) is 0 Å². The summed E-state index contributed by atoms with van der Waals surface area (Å²) in [5.74, 6) is 0.0326. The molecule has 0 atom stereocenters. The molecule has 0 heterocycles. The van der Waals surface area contributed by atoms with Gasteiger partial charge in [-0.1, -0.05) is 38.1 Å². The SMILES string of the molecule is C=C(C)C(=O)OOc1ccccc1CCC. The van der Waals surface area contributed by atoms with Crippen molar-refractivity contribution in [2.45, 2.75) is 26.7 Å². The summed E-state index contributed by atoms with van der Waals surface area (Å²) in [6.45, 7) is 7.12. The average Bonchev–Trinajstić information content (AvgIpc) is 2.27. The van der Waals surface area contributed by atoms with E-state index in [1.165, 1.54) is 0 Å². The van der Waals surface area contributed by atoms with Crippen molar-refractivity contribution in [3.63, 3.8) is 0 Å². The second-order valence-corrected chi connectivity index (χ2v) is 3.59. The van der Waals surface area contributed by atoms with E-state index in [1.54, 1.807) is 13.0 Å². The van der Waals surface area contributed by atoms with Gasteiger partial charge in [0, 0.05) is 5.57 Å². The zero-order valence-corrected chi connectivity index (χ0v) is 9.66. The first-order valence-electron chi connectivity index (χ1n) is 5.27. The van der Waals surface area contributed by atoms with Crippen LogP contribution in [0.5, 0.6) is 5.75 Å². The van der Waals surface area contributed by atoms with Gasteiger partial charge in [-0.05, 0) is 25.0 Å². The summed E-state index contributed by atoms with van der Waals surface area (Å²) in [6.07, 6.45) is 1.90. The van der Waals surface area contributed by atoms with Crippen molar-refractivity contribution in [3.8, 4) is 5.75 Å². The Balaban J connectivity index is 2.66. The number of carbonyl (C=O) groups excluding carboxylic acids is 1. The van der Waals surface area contributed by atoms with Gasteiger partial charge in [0.05, 0.1) is 0 Å². The Morgan fingerprint density at radius 3 is 2.69 bits per heavy atom. The molecule has 0 amide bonds. The van der Waals surface area contributed by atoms with Gasteiger partial charge in [0.15, 0.2) is 5.75 Å². The van der Waals surface area contributed by atoms with Gasteiger partial charge in [-0.25, -0.2) is 9.68 Å². The molecule has 3 heteroatoms. The van der Waals surface area contributed by atoms with Gasteiger partial charge in [-0.2, -0.15) is 0 Å². The van der Waals surface area contributed by atoms with Crippen LogP contribution in [0.2, 0.25) is 0 Å². The summed E-state index contributed by atoms with van der Waals surface area (Å²) < 4.78 is 0. The molecule has 0 bridgehead atoms. The first-order valence-corrected chi connectivity index (χ1v) is 5.27. The fourth-order valence-electron chi connectivity index (χ4n) is 1.21. The van der Waals surface area contributed by atoms with E-state index in [-0.39, 0.29) is 0 Å². The maximum Gasteiger partial charge on any atom is 0.381 e. The largest absolute Gasteiger partial charge is 0.381 e. The number of rotatable bonds is 5. The number of aryl methyl sites for hydroxylation is 1. The van der Waals surface area contributed by atoms with Gasteiger partial charge in [0.2, 0.25) is 0 Å². The first kappa shape index (κ1) is 12.3. The molecule has 0 aliphatic heterocycles. The predicted octanol–water partition coefficient (Wildman–Crippen LogP) is 3.05. The van der Waals surface area contributed by atoms with Crippen LogP contribution in [-0.4, -0.2) is 5.97 Å². The van der Waals surface area contributed by atoms with Gasteiger partial charge in [0.1, 0.15) is 0 Å². The molecule has 16 heavy (non-hydrogen) atoms. The third-order valence-corrected chi connectivity index (χ3v) is 2.05. The molecule has 3 nitrogen and oxygen atoms in total. The predicted molar refractivity (Wildman–Crippen MR) is 62.0 cm³/mol. The number of benzene rings is 1. The first-order chi connectivity index (χ1) is 7.65. The zero-order valence-electron chi connectivity index (χ0n) is 9.66. The minimum absolute atomic E-state index is 0.313. The Morgan fingerprint density at radius 1 is 1.38 bits per heavy atom. The smallest absolute Gasteiger partial charge is 0.286 e. The van der Waals surface area contributed by atoms with E-state index in [1.807, 2.05) is 18.2 Å². The van der Waals surface area contributed by atoms with Crippen LogP contribution in [0.1, 0.15) is 25.8 Å². The lowest BCUT2D eigenvalue weighted by Crippen LogP contribution is -2.09. The van der Waals surface area contributed by atoms with Crippen molar-refractivity contribution in [1.29, 1.82) is 0 Å². The maximum absolute atomic E-state index is 11.1. The van der Waals surface area contributed by atoms with Crippen LogP contribution in [0.3, 0.4) is 0 Å². The number of para-hydroxylation sites is 1. The quantitative estimate of drug-likeness (QED) is 0.434. The molecule has 0 radical (unpaired) electrons. The number of hydrogen-bond donors (Lipinski definition) is 0. The van der Waals surface area contributed by atoms with Crippen LogP contribution in [0, 0.1) is 0 Å². The van der Waals surface area contributed by atoms with Crippen molar-refractivity contribution >= 4 is 5.97 Å². The van der Waals surface area contributed by atoms with Gasteiger partial charge in [-0.3, -0.25) is 4.89 Å². The third kappa shape index (κ3) is 3.42. The molecule has 0 N–H and O–H groups in total. The summed E-state index contributed by atoms with van der Waals surface area (Å²) in [6, 6.07) is 7.49. The van der Waals surface area contributed by atoms with Crippen LogP contribution in [-0.2, 0) is 16.1 Å². The molecule has 1 aromatic carbocycles. The van der Waals surface area contributed by atoms with Crippen LogP contribution >= 0.6 is 0 Å². The van der Waals surface area contributed by atoms with E-state index in [0.29, 0.717) is 11.3 Å². The Hall–Kier alpha value is -1.77. The Labute approximate surface area is 95.6 Å². The van der Waals surface area contributed by atoms with Gasteiger partial charge in [0.25, 0.3) is 0 Å². The molecular formula is C13H16O3. The van der Waals surface area contributed by atoms with Crippen LogP contribution < -0.4 is 4.89 Å². The minimum Gasteiger partial charge on any atom is -0.286 e. The normalized spacial score (nSPS) is 9.62. The average molecular weight is 220 g/mol. The van der Waals surface area contributed by atoms with Crippen LogP contribution in [0.25, 0.3) is 0 Å². The molecule has 0 saturated carbocycles. The molecule has 0 aliphatic carbocycles. The third-order valence-electron chi connectivity index (χ3n) is 2.05. The second-order valence-electron chi connectivity index (χ2n) is 3.59. The fraction of sp³-hybridized carbons (Fsp3) is 0.308. The van der Waals surface area contributed by atoms with E-state index in [2.05, 4.69) is 18.4 Å². The monoisotopic (exact) mass is 220 g/mol. The highest BCUT2D eigenvalue weighted by atomic mass is 17.2. The van der Waals surface area contributed by atoms with Crippen LogP contribution in [0.15, 0.2) is 36.4 Å². The van der Waals surface area contributed by atoms with Crippen molar-refractivity contribution in [1.82, 2.24) is 0 Å². The van der Waals surface area contributed by atoms with Crippen molar-refractivity contribution < 1.29 is 14.6 Å². The van der Waals surface area contributed by atoms with Crippen molar-refractivity contribution in [2.75, 3.05) is 0 Å². The molecule has 0 spiro atoms. The molecule has 1 rings (SSSR count). The summed E-state index contributed by atoms with van der Waals surface area (Å²) in [5, 5.41) is 0. The molecule has 0 fully saturated rings. The maximum atomic E-state index is 11.1. The molecule has 86 valence electrons. The Morgan fingerprint density at radius 2 is 2.06 bits per heavy atom. The van der Waals surface area contributed by atoms with E-state index in [0.717, 1.165) is 18.4 Å². The molecule has 0 unspecified atom stereocenters. The van der Waals surface area contributed by atoms with Gasteiger partial charge >= 0.3 is 5.97 Å². The summed E-state index contributed by atoms with van der Waals surface area (Å²) in [5.41, 5.74) is 1.34. The Kier molecular flexibility index (Phi) is 4.58. The highest BCUT2D eigenvalue weighted by molar-refractivity contribution is 5.86. The van der Waals surface area contributed by atoms with E-state index >= 15 is 0 Å². The zero-order chi connectivity index (χ0) is 12.0. The standard InChI is InChI=1S/C13H16O3/c1-4-7-11-8-5-6-9-12(11)15-16-13(14)10(2)3/h5-6,8-9H,2,4,7H2,1,3H3. The van der Waals surface area contributed by atoms with E-state index in [9.17, 15) is 4.79 Å². The van der Waals surface area contributed by atoms with Crippen LogP contribution in [0.4, 0.5) is 0 Å². The molecule has 0 aliphatic rings. The fourth-order valence-corrected chi connectivity index (χ4v) is 1.21. The Bertz CT molecular complexity index is 383. The second kappa shape index (κ2) is 5.95. The van der Waals surface area contributed by atoms with Gasteiger partial charge in [-0.15, -0.1) is 0 Å². The minimum atomic E-state index is -0.550. The lowest BCUT2D eigenvalue weighted by molar-refractivity contribution is -0.208. The highest BCUT2D eigenvalue weighted by Crippen LogP contribution is 2.19. The summed E-state index contributed by atoms with van der Waals surface area (Å²) in [7, 11) is 0. The summed E-state index contributed by atoms with van der Waals surface area (Å²) >= 11 is 0. The summed E-state index contributed by atoms with van der Waals surface area (Å²) in [4.78, 5) is 20.8. The number of carbonyl (C=O) groups is 1. The topological polar surface area (TPSA) is 35.5 Å². The van der Waals surface area contributed by atoms with Crippen molar-refractivity contribution in [3.05, 3.63) is 42.0 Å². The number of hydrogen-bond acceptors (Lipinski definition) is 3. The molecule has 0 aromatic heterocycles. The van der Waals surface area contributed by atoms with Gasteiger partial charge < -0.3 is 0 Å². The van der Waals surface area contributed by atoms with E-state index in [4.69, 9.17) is 4.89 Å². The van der Waals surface area contributed by atoms with E-state index < -0.39 is 5.97 Å². The highest BCUT2D eigenvalue weighted by Gasteiger charge is 2.08. The lowest BCUT2D eigenvalue weighted by atomic mass is 10.1. The molecule has 0 saturated heterocycles. The molecule has 1 aromatic rings. The lowest BCUT2D eigenvalue weighted by Gasteiger charge is -2.08. The molecular weight excluding hydrogens is 204 g/mol.